The van der Waals surface area contributed by atoms with Crippen molar-refractivity contribution in [3.05, 3.63) is 17.8 Å². The van der Waals surface area contributed by atoms with Crippen LogP contribution in [0.2, 0.25) is 0 Å². The lowest BCUT2D eigenvalue weighted by Crippen LogP contribution is -2.32. The fraction of sp³-hybridized carbons (Fsp3) is 0.500. The Morgan fingerprint density at radius 2 is 2.27 bits per heavy atom. The average molecular weight is 209 g/mol. The summed E-state index contributed by atoms with van der Waals surface area (Å²) in [5, 5.41) is 16.6. The van der Waals surface area contributed by atoms with Crippen LogP contribution in [-0.2, 0) is 0 Å². The van der Waals surface area contributed by atoms with Gasteiger partial charge in [0.15, 0.2) is 5.82 Å². The largest absolute Gasteiger partial charge is 0.478 e. The van der Waals surface area contributed by atoms with E-state index < -0.39 is 5.97 Å². The number of rotatable bonds is 4. The molecule has 0 amide bonds. The topological polar surface area (TPSA) is 66.3 Å². The summed E-state index contributed by atoms with van der Waals surface area (Å²) in [6, 6.07) is 1.67. The van der Waals surface area contributed by atoms with Gasteiger partial charge in [0.1, 0.15) is 5.56 Å². The zero-order valence-corrected chi connectivity index (χ0v) is 9.14. The number of nitrogens with zero attached hydrogens (tertiary/aromatic N) is 3. The molecule has 1 heterocycles. The minimum absolute atomic E-state index is 0.195. The summed E-state index contributed by atoms with van der Waals surface area (Å²) in [6.45, 7) is 6.64. The van der Waals surface area contributed by atoms with Crippen molar-refractivity contribution in [2.24, 2.45) is 0 Å². The standard InChI is InChI=1S/C10H15N3O2/c1-4-13(7(2)3)9-8(10(14)15)5-6-11-12-9/h5-7H,4H2,1-3H3,(H,14,15). The van der Waals surface area contributed by atoms with Crippen LogP contribution in [0.15, 0.2) is 12.3 Å². The number of aromatic nitrogens is 2. The number of anilines is 1. The predicted octanol–water partition coefficient (Wildman–Crippen LogP) is 1.41. The van der Waals surface area contributed by atoms with Crippen LogP contribution < -0.4 is 4.90 Å². The summed E-state index contributed by atoms with van der Waals surface area (Å²) in [5.74, 6) is -0.540. The summed E-state index contributed by atoms with van der Waals surface area (Å²) in [4.78, 5) is 12.9. The average Bonchev–Trinajstić information content (AvgIpc) is 2.18. The summed E-state index contributed by atoms with van der Waals surface area (Å²) in [7, 11) is 0. The van der Waals surface area contributed by atoms with E-state index in [9.17, 15) is 4.79 Å². The van der Waals surface area contributed by atoms with Crippen LogP contribution in [0.3, 0.4) is 0 Å². The van der Waals surface area contributed by atoms with E-state index >= 15 is 0 Å². The van der Waals surface area contributed by atoms with E-state index in [2.05, 4.69) is 10.2 Å². The Balaban J connectivity index is 3.16. The molecule has 0 radical (unpaired) electrons. The minimum Gasteiger partial charge on any atom is -0.478 e. The second-order valence-electron chi connectivity index (χ2n) is 3.45. The summed E-state index contributed by atoms with van der Waals surface area (Å²) >= 11 is 0. The highest BCUT2D eigenvalue weighted by Gasteiger charge is 2.18. The first kappa shape index (κ1) is 11.4. The van der Waals surface area contributed by atoms with Gasteiger partial charge in [-0.15, -0.1) is 5.10 Å². The van der Waals surface area contributed by atoms with E-state index in [0.29, 0.717) is 12.4 Å². The van der Waals surface area contributed by atoms with Gasteiger partial charge in [-0.05, 0) is 26.8 Å². The van der Waals surface area contributed by atoms with Crippen LogP contribution in [0, 0.1) is 0 Å². The van der Waals surface area contributed by atoms with Crippen LogP contribution in [0.25, 0.3) is 0 Å². The second-order valence-corrected chi connectivity index (χ2v) is 3.45. The Morgan fingerprint density at radius 1 is 1.60 bits per heavy atom. The van der Waals surface area contributed by atoms with Crippen molar-refractivity contribution in [2.45, 2.75) is 26.8 Å². The van der Waals surface area contributed by atoms with Crippen molar-refractivity contribution in [1.29, 1.82) is 0 Å². The number of aromatic carboxylic acids is 1. The fourth-order valence-corrected chi connectivity index (χ4v) is 1.46. The highest BCUT2D eigenvalue weighted by Crippen LogP contribution is 2.18. The molecule has 0 fully saturated rings. The lowest BCUT2D eigenvalue weighted by atomic mass is 10.2. The molecule has 0 unspecified atom stereocenters. The van der Waals surface area contributed by atoms with Gasteiger partial charge < -0.3 is 10.0 Å². The first-order valence-corrected chi connectivity index (χ1v) is 4.89. The summed E-state index contributed by atoms with van der Waals surface area (Å²) in [5.41, 5.74) is 0.195. The number of hydrogen-bond acceptors (Lipinski definition) is 4. The van der Waals surface area contributed by atoms with E-state index in [1.165, 1.54) is 12.3 Å². The smallest absolute Gasteiger partial charge is 0.339 e. The molecule has 0 aliphatic rings. The monoisotopic (exact) mass is 209 g/mol. The molecule has 0 saturated heterocycles. The molecular weight excluding hydrogens is 194 g/mol. The van der Waals surface area contributed by atoms with Gasteiger partial charge in [-0.3, -0.25) is 0 Å². The number of carboxylic acid groups (broad SMARTS) is 1. The van der Waals surface area contributed by atoms with Crippen molar-refractivity contribution in [2.75, 3.05) is 11.4 Å². The quantitative estimate of drug-likeness (QED) is 0.812. The van der Waals surface area contributed by atoms with Crippen molar-refractivity contribution < 1.29 is 9.90 Å². The summed E-state index contributed by atoms with van der Waals surface area (Å²) in [6.07, 6.45) is 1.39. The molecule has 5 heteroatoms. The molecule has 82 valence electrons. The second kappa shape index (κ2) is 4.72. The molecule has 0 aromatic carbocycles. The van der Waals surface area contributed by atoms with Crippen molar-refractivity contribution in [1.82, 2.24) is 10.2 Å². The Kier molecular flexibility index (Phi) is 3.60. The van der Waals surface area contributed by atoms with Crippen LogP contribution in [0.4, 0.5) is 5.82 Å². The fourth-order valence-electron chi connectivity index (χ4n) is 1.46. The van der Waals surface area contributed by atoms with Gasteiger partial charge in [-0.1, -0.05) is 0 Å². The number of carbonyl (C=O) groups is 1. The third kappa shape index (κ3) is 2.43. The molecule has 1 aromatic rings. The minimum atomic E-state index is -0.973. The van der Waals surface area contributed by atoms with E-state index in [0.717, 1.165) is 0 Å². The van der Waals surface area contributed by atoms with Crippen LogP contribution in [0.1, 0.15) is 31.1 Å². The molecule has 1 N–H and O–H groups in total. The van der Waals surface area contributed by atoms with Crippen LogP contribution in [0.5, 0.6) is 0 Å². The van der Waals surface area contributed by atoms with Gasteiger partial charge in [0.2, 0.25) is 0 Å². The molecule has 0 saturated carbocycles. The lowest BCUT2D eigenvalue weighted by molar-refractivity contribution is 0.0697. The zero-order chi connectivity index (χ0) is 11.4. The van der Waals surface area contributed by atoms with Gasteiger partial charge in [-0.25, -0.2) is 4.79 Å². The summed E-state index contributed by atoms with van der Waals surface area (Å²) < 4.78 is 0. The number of carboxylic acids is 1. The van der Waals surface area contributed by atoms with Crippen LogP contribution in [-0.4, -0.2) is 33.9 Å². The third-order valence-electron chi connectivity index (χ3n) is 2.17. The molecule has 5 nitrogen and oxygen atoms in total. The molecule has 0 atom stereocenters. The Morgan fingerprint density at radius 3 is 2.73 bits per heavy atom. The van der Waals surface area contributed by atoms with E-state index in [4.69, 9.17) is 5.11 Å². The maximum Gasteiger partial charge on any atom is 0.339 e. The third-order valence-corrected chi connectivity index (χ3v) is 2.17. The van der Waals surface area contributed by atoms with Gasteiger partial charge >= 0.3 is 5.97 Å². The van der Waals surface area contributed by atoms with E-state index in [-0.39, 0.29) is 11.6 Å². The van der Waals surface area contributed by atoms with Gasteiger partial charge in [0, 0.05) is 12.6 Å². The highest BCUT2D eigenvalue weighted by molar-refractivity contribution is 5.93. The Bertz CT molecular complexity index is 352. The molecular formula is C10H15N3O2. The predicted molar refractivity (Wildman–Crippen MR) is 57.1 cm³/mol. The normalized spacial score (nSPS) is 10.4. The molecule has 15 heavy (non-hydrogen) atoms. The number of hydrogen-bond donors (Lipinski definition) is 1. The molecule has 1 aromatic heterocycles. The van der Waals surface area contributed by atoms with Gasteiger partial charge in [-0.2, -0.15) is 5.10 Å². The lowest BCUT2D eigenvalue weighted by Gasteiger charge is -2.26. The van der Waals surface area contributed by atoms with Gasteiger partial charge in [0.05, 0.1) is 6.20 Å². The zero-order valence-electron chi connectivity index (χ0n) is 9.14. The maximum absolute atomic E-state index is 11.0. The Labute approximate surface area is 88.7 Å². The maximum atomic E-state index is 11.0. The Hall–Kier alpha value is -1.65. The molecule has 0 aliphatic heterocycles. The highest BCUT2D eigenvalue weighted by atomic mass is 16.4. The molecule has 0 spiro atoms. The molecule has 0 bridgehead atoms. The SMILES string of the molecule is CCN(c1nnccc1C(=O)O)C(C)C. The van der Waals surface area contributed by atoms with Crippen molar-refractivity contribution in [3.8, 4) is 0 Å². The van der Waals surface area contributed by atoms with Gasteiger partial charge in [0.25, 0.3) is 0 Å². The first-order chi connectivity index (χ1) is 7.07. The molecule has 0 aliphatic carbocycles. The van der Waals surface area contributed by atoms with Crippen LogP contribution >= 0.6 is 0 Å². The van der Waals surface area contributed by atoms with Crippen molar-refractivity contribution in [3.63, 3.8) is 0 Å². The molecule has 1 rings (SSSR count). The first-order valence-electron chi connectivity index (χ1n) is 4.89. The van der Waals surface area contributed by atoms with Crippen molar-refractivity contribution >= 4 is 11.8 Å². The van der Waals surface area contributed by atoms with E-state index in [1.54, 1.807) is 0 Å². The van der Waals surface area contributed by atoms with E-state index in [1.807, 2.05) is 25.7 Å².